The monoisotopic (exact) mass is 622 g/mol. The lowest BCUT2D eigenvalue weighted by molar-refractivity contribution is -0.140. The number of nitrogens with one attached hydrogen (secondary N) is 4. The third-order valence-corrected chi connectivity index (χ3v) is 7.41. The number of amides is 3. The van der Waals surface area contributed by atoms with Crippen LogP contribution in [0.15, 0.2) is 48.9 Å². The summed E-state index contributed by atoms with van der Waals surface area (Å²) < 4.78 is 35.7. The van der Waals surface area contributed by atoms with Crippen molar-refractivity contribution < 1.29 is 33.0 Å². The summed E-state index contributed by atoms with van der Waals surface area (Å²) >= 11 is 0. The molecule has 5 rings (SSSR count). The van der Waals surface area contributed by atoms with E-state index in [1.54, 1.807) is 22.7 Å². The molecule has 0 radical (unpaired) electrons. The van der Waals surface area contributed by atoms with E-state index >= 15 is 0 Å². The highest BCUT2D eigenvalue weighted by Crippen LogP contribution is 2.31. The lowest BCUT2D eigenvalue weighted by Gasteiger charge is -2.31. The Morgan fingerprint density at radius 2 is 1.91 bits per heavy atom. The molecule has 2 aromatic carbocycles. The Morgan fingerprint density at radius 3 is 2.67 bits per heavy atom. The van der Waals surface area contributed by atoms with Crippen molar-refractivity contribution in [1.29, 1.82) is 0 Å². The molecular formula is C30H32F2N8O5. The number of carbonyl (C=O) groups excluding carboxylic acids is 2. The van der Waals surface area contributed by atoms with Gasteiger partial charge in [0.15, 0.2) is 23.0 Å². The molecule has 1 saturated heterocycles. The van der Waals surface area contributed by atoms with Crippen molar-refractivity contribution in [1.82, 2.24) is 35.2 Å². The first kappa shape index (κ1) is 31.1. The minimum absolute atomic E-state index is 0.0109. The zero-order valence-electron chi connectivity index (χ0n) is 24.6. The second kappa shape index (κ2) is 13.5. The second-order valence-corrected chi connectivity index (χ2v) is 10.2. The first-order valence-corrected chi connectivity index (χ1v) is 14.2. The molecule has 3 heterocycles. The average Bonchev–Trinajstić information content (AvgIpc) is 3.49. The number of benzene rings is 2. The van der Waals surface area contributed by atoms with Crippen LogP contribution < -0.4 is 26.0 Å². The van der Waals surface area contributed by atoms with Crippen LogP contribution in [0.5, 0.6) is 5.75 Å². The Labute approximate surface area is 256 Å². The van der Waals surface area contributed by atoms with Crippen LogP contribution in [0.25, 0.3) is 16.9 Å². The molecular weight excluding hydrogens is 590 g/mol. The van der Waals surface area contributed by atoms with Gasteiger partial charge in [0.1, 0.15) is 6.04 Å². The van der Waals surface area contributed by atoms with Crippen molar-refractivity contribution in [3.05, 3.63) is 71.7 Å². The van der Waals surface area contributed by atoms with Crippen LogP contribution >= 0.6 is 0 Å². The average molecular weight is 623 g/mol. The highest BCUT2D eigenvalue weighted by molar-refractivity contribution is 5.96. The minimum atomic E-state index is -1.09. The number of aromatic nitrogens is 3. The molecule has 0 spiro atoms. The van der Waals surface area contributed by atoms with E-state index in [0.717, 1.165) is 5.56 Å². The van der Waals surface area contributed by atoms with Crippen LogP contribution in [0.4, 0.5) is 25.1 Å². The molecule has 2 aromatic heterocycles. The predicted octanol–water partition coefficient (Wildman–Crippen LogP) is 2.79. The first-order chi connectivity index (χ1) is 21.7. The molecule has 3 amide bonds. The molecule has 1 aliphatic rings. The molecule has 1 aliphatic heterocycles. The molecule has 0 aliphatic carbocycles. The number of carboxylic acid groups (broad SMARTS) is 1. The number of hydrogen-bond donors (Lipinski definition) is 5. The van der Waals surface area contributed by atoms with E-state index in [4.69, 9.17) is 9.84 Å². The van der Waals surface area contributed by atoms with Gasteiger partial charge in [0.25, 0.3) is 5.91 Å². The highest BCUT2D eigenvalue weighted by Gasteiger charge is 2.27. The lowest BCUT2D eigenvalue weighted by atomic mass is 10.0. The van der Waals surface area contributed by atoms with Gasteiger partial charge < -0.3 is 36.0 Å². The van der Waals surface area contributed by atoms with Crippen LogP contribution in [0, 0.1) is 11.6 Å². The Kier molecular flexibility index (Phi) is 9.37. The lowest BCUT2D eigenvalue weighted by Crippen LogP contribution is -2.58. The molecule has 0 bridgehead atoms. The van der Waals surface area contributed by atoms with E-state index < -0.39 is 29.7 Å². The number of aryl methyl sites for hydroxylation is 1. The normalized spacial score (nSPS) is 14.7. The van der Waals surface area contributed by atoms with Gasteiger partial charge in [-0.05, 0) is 42.3 Å². The van der Waals surface area contributed by atoms with Crippen molar-refractivity contribution in [2.75, 3.05) is 45.2 Å². The Morgan fingerprint density at radius 1 is 1.11 bits per heavy atom. The van der Waals surface area contributed by atoms with Gasteiger partial charge in [0.2, 0.25) is 5.82 Å². The van der Waals surface area contributed by atoms with Crippen molar-refractivity contribution >= 4 is 35.1 Å². The number of hydrogen-bond acceptors (Lipinski definition) is 8. The van der Waals surface area contributed by atoms with E-state index in [-0.39, 0.29) is 36.9 Å². The molecule has 13 nitrogen and oxygen atoms in total. The molecule has 4 aromatic rings. The molecule has 0 saturated carbocycles. The topological polar surface area (TPSA) is 162 Å². The predicted molar refractivity (Wildman–Crippen MR) is 161 cm³/mol. The number of carbonyl (C=O) groups is 3. The number of anilines is 2. The van der Waals surface area contributed by atoms with E-state index in [2.05, 4.69) is 31.2 Å². The van der Waals surface area contributed by atoms with Crippen LogP contribution in [-0.4, -0.2) is 88.2 Å². The summed E-state index contributed by atoms with van der Waals surface area (Å²) in [7, 11) is 1.26. The van der Waals surface area contributed by atoms with Crippen LogP contribution in [0.2, 0.25) is 0 Å². The summed E-state index contributed by atoms with van der Waals surface area (Å²) in [5.41, 5.74) is 2.57. The fourth-order valence-electron chi connectivity index (χ4n) is 5.07. The van der Waals surface area contributed by atoms with E-state index in [1.807, 2.05) is 13.0 Å². The number of nitrogens with zero attached hydrogens (tertiary/aromatic N) is 4. The Hall–Kier alpha value is -5.31. The van der Waals surface area contributed by atoms with E-state index in [0.29, 0.717) is 47.9 Å². The van der Waals surface area contributed by atoms with Crippen LogP contribution in [-0.2, 0) is 11.2 Å². The van der Waals surface area contributed by atoms with Gasteiger partial charge in [-0.3, -0.25) is 14.0 Å². The minimum Gasteiger partial charge on any atom is -0.494 e. The summed E-state index contributed by atoms with van der Waals surface area (Å²) in [5.74, 6) is -3.31. The van der Waals surface area contributed by atoms with E-state index in [1.165, 1.54) is 36.5 Å². The number of piperazine rings is 1. The molecule has 236 valence electrons. The summed E-state index contributed by atoms with van der Waals surface area (Å²) in [6, 6.07) is 6.76. The molecule has 1 fully saturated rings. The van der Waals surface area contributed by atoms with Crippen molar-refractivity contribution in [3.8, 4) is 17.0 Å². The highest BCUT2D eigenvalue weighted by atomic mass is 19.2. The second-order valence-electron chi connectivity index (χ2n) is 10.2. The number of carboxylic acids is 1. The number of halogens is 2. The zero-order chi connectivity index (χ0) is 32.1. The SMILES string of the molecule is CCc1cc(Nc2nccn3c(-c4ccc(OC)c(F)c4F)cnc23)ccc1C(=O)NCCNC(=O)N1CCN[C@H](C(=O)O)C1. The third-order valence-electron chi connectivity index (χ3n) is 7.41. The molecule has 1 atom stereocenters. The summed E-state index contributed by atoms with van der Waals surface area (Å²) in [6.45, 7) is 3.08. The number of imidazole rings is 1. The van der Waals surface area contributed by atoms with Crippen LogP contribution in [0.3, 0.4) is 0 Å². The van der Waals surface area contributed by atoms with Gasteiger partial charge in [0, 0.05) is 61.9 Å². The number of fused-ring (bicyclic) bond motifs is 1. The molecule has 5 N–H and O–H groups in total. The summed E-state index contributed by atoms with van der Waals surface area (Å²) in [4.78, 5) is 46.7. The van der Waals surface area contributed by atoms with Crippen molar-refractivity contribution in [2.24, 2.45) is 0 Å². The number of urea groups is 1. The largest absolute Gasteiger partial charge is 0.494 e. The van der Waals surface area contributed by atoms with Crippen molar-refractivity contribution in [2.45, 2.75) is 19.4 Å². The summed E-state index contributed by atoms with van der Waals surface area (Å²) in [6.07, 6.45) is 5.08. The van der Waals surface area contributed by atoms with Gasteiger partial charge >= 0.3 is 12.0 Å². The van der Waals surface area contributed by atoms with Gasteiger partial charge in [0.05, 0.1) is 19.0 Å². The fraction of sp³-hybridized carbons (Fsp3) is 0.300. The molecule has 45 heavy (non-hydrogen) atoms. The smallest absolute Gasteiger partial charge is 0.322 e. The Balaban J connectivity index is 1.23. The zero-order valence-corrected chi connectivity index (χ0v) is 24.6. The van der Waals surface area contributed by atoms with Crippen molar-refractivity contribution in [3.63, 3.8) is 0 Å². The number of rotatable bonds is 10. The van der Waals surface area contributed by atoms with Gasteiger partial charge in [-0.15, -0.1) is 0 Å². The standard InChI is InChI=1S/C30H32F2N8O5/c1-3-17-14-18(4-5-19(17)28(41)35-8-9-36-30(44)39-12-10-33-21(16-39)29(42)43)38-26-27-37-15-22(40(27)13-11-34-26)20-6-7-23(45-2)25(32)24(20)31/h4-7,11,13-15,21,33H,3,8-10,12,16H2,1-2H3,(H,34,38)(H,35,41)(H,36,44)(H,42,43)/t21-/m0/s1. The van der Waals surface area contributed by atoms with E-state index in [9.17, 15) is 23.2 Å². The quantitative estimate of drug-likeness (QED) is 0.168. The fourth-order valence-corrected chi connectivity index (χ4v) is 5.07. The number of aliphatic carboxylic acids is 1. The molecule has 15 heteroatoms. The maximum atomic E-state index is 14.8. The number of ether oxygens (including phenoxy) is 1. The van der Waals surface area contributed by atoms with Gasteiger partial charge in [-0.2, -0.15) is 4.39 Å². The maximum absolute atomic E-state index is 14.8. The van der Waals surface area contributed by atoms with Gasteiger partial charge in [-0.25, -0.2) is 19.2 Å². The molecule has 0 unspecified atom stereocenters. The number of methoxy groups -OCH3 is 1. The van der Waals surface area contributed by atoms with Gasteiger partial charge in [-0.1, -0.05) is 6.92 Å². The van der Waals surface area contributed by atoms with Crippen LogP contribution in [0.1, 0.15) is 22.8 Å². The third kappa shape index (κ3) is 6.62. The first-order valence-electron chi connectivity index (χ1n) is 14.2. The maximum Gasteiger partial charge on any atom is 0.322 e. The Bertz CT molecular complexity index is 1750. The summed E-state index contributed by atoms with van der Waals surface area (Å²) in [5, 5.41) is 20.7.